The van der Waals surface area contributed by atoms with Crippen LogP contribution in [0.4, 0.5) is 0 Å². The van der Waals surface area contributed by atoms with E-state index < -0.39 is 0 Å². The lowest BCUT2D eigenvalue weighted by molar-refractivity contribution is -0.0775. The molecule has 4 nitrogen and oxygen atoms in total. The van der Waals surface area contributed by atoms with Gasteiger partial charge in [0.1, 0.15) is 0 Å². The van der Waals surface area contributed by atoms with Gasteiger partial charge in [0.2, 0.25) is 0 Å². The van der Waals surface area contributed by atoms with Crippen LogP contribution in [0.25, 0.3) is 0 Å². The zero-order chi connectivity index (χ0) is 12.1. The van der Waals surface area contributed by atoms with E-state index in [1.165, 1.54) is 0 Å². The van der Waals surface area contributed by atoms with Crippen LogP contribution in [0.2, 0.25) is 0 Å². The average molecular weight is 256 g/mol. The highest BCUT2D eigenvalue weighted by Crippen LogP contribution is 2.14. The Morgan fingerprint density at radius 2 is 2.53 bits per heavy atom. The molecule has 1 N–H and O–H groups in total. The summed E-state index contributed by atoms with van der Waals surface area (Å²) >= 11 is 1.60. The van der Waals surface area contributed by atoms with Crippen molar-refractivity contribution in [2.75, 3.05) is 13.2 Å². The predicted octanol–water partition coefficient (Wildman–Crippen LogP) is 1.82. The lowest BCUT2D eigenvalue weighted by Gasteiger charge is -2.33. The molecular weight excluding hydrogens is 236 g/mol. The van der Waals surface area contributed by atoms with Gasteiger partial charge in [-0.25, -0.2) is 4.98 Å². The summed E-state index contributed by atoms with van der Waals surface area (Å²) in [4.78, 5) is 4.22. The summed E-state index contributed by atoms with van der Waals surface area (Å²) in [6, 6.07) is 0.867. The molecule has 1 aliphatic rings. The molecule has 0 radical (unpaired) electrons. The van der Waals surface area contributed by atoms with Crippen molar-refractivity contribution in [3.63, 3.8) is 0 Å². The van der Waals surface area contributed by atoms with Gasteiger partial charge in [-0.15, -0.1) is 11.3 Å². The Morgan fingerprint density at radius 1 is 1.65 bits per heavy atom. The van der Waals surface area contributed by atoms with E-state index in [1.807, 2.05) is 10.9 Å². The Balaban J connectivity index is 1.83. The Labute approximate surface area is 106 Å². The first-order valence-electron chi connectivity index (χ1n) is 6.08. The van der Waals surface area contributed by atoms with Gasteiger partial charge in [0.15, 0.2) is 0 Å². The van der Waals surface area contributed by atoms with E-state index in [-0.39, 0.29) is 6.10 Å². The van der Waals surface area contributed by atoms with Crippen molar-refractivity contribution in [3.05, 3.63) is 16.6 Å². The van der Waals surface area contributed by atoms with Crippen LogP contribution < -0.4 is 5.32 Å². The van der Waals surface area contributed by atoms with Gasteiger partial charge in [-0.1, -0.05) is 13.8 Å². The molecule has 1 fully saturated rings. The molecule has 0 bridgehead atoms. The number of rotatable bonds is 5. The second-order valence-electron chi connectivity index (χ2n) is 4.62. The normalized spacial score (nSPS) is 25.4. The maximum Gasteiger partial charge on any atom is 0.0967 e. The van der Waals surface area contributed by atoms with Crippen molar-refractivity contribution in [2.24, 2.45) is 0 Å². The van der Waals surface area contributed by atoms with E-state index in [0.29, 0.717) is 25.3 Å². The third-order valence-corrected chi connectivity index (χ3v) is 3.42. The summed E-state index contributed by atoms with van der Waals surface area (Å²) in [6.07, 6.45) is 1.15. The molecule has 96 valence electrons. The number of hydrogen-bond acceptors (Lipinski definition) is 5. The van der Waals surface area contributed by atoms with E-state index in [2.05, 4.69) is 24.1 Å². The first-order valence-corrected chi connectivity index (χ1v) is 7.02. The minimum absolute atomic E-state index is 0.132. The van der Waals surface area contributed by atoms with Crippen molar-refractivity contribution in [3.8, 4) is 0 Å². The largest absolute Gasteiger partial charge is 0.379 e. The van der Waals surface area contributed by atoms with Crippen molar-refractivity contribution >= 4 is 11.3 Å². The van der Waals surface area contributed by atoms with E-state index in [0.717, 1.165) is 18.7 Å². The molecule has 2 heterocycles. The number of ether oxygens (including phenoxy) is 2. The second kappa shape index (κ2) is 6.44. The highest BCUT2D eigenvalue weighted by atomic mass is 32.1. The monoisotopic (exact) mass is 256 g/mol. The Hall–Kier alpha value is -0.490. The molecule has 0 spiro atoms. The van der Waals surface area contributed by atoms with Crippen LogP contribution in [0.1, 0.15) is 26.0 Å². The standard InChI is InChI=1S/C12H20N2O2S/c1-9(2)14-11-3-4-15-6-12(11)16-5-10-7-17-8-13-10/h7-9,11-12,14H,3-6H2,1-2H3/t11-,12-/m1/s1. The van der Waals surface area contributed by atoms with Crippen LogP contribution in [0.15, 0.2) is 10.9 Å². The first kappa shape index (κ1) is 13.0. The van der Waals surface area contributed by atoms with Crippen LogP contribution in [0.5, 0.6) is 0 Å². The van der Waals surface area contributed by atoms with E-state index in [1.54, 1.807) is 11.3 Å². The van der Waals surface area contributed by atoms with Crippen LogP contribution in [-0.2, 0) is 16.1 Å². The average Bonchev–Trinajstić information content (AvgIpc) is 2.80. The smallest absolute Gasteiger partial charge is 0.0967 e. The molecule has 0 saturated carbocycles. The van der Waals surface area contributed by atoms with Gasteiger partial charge in [-0.2, -0.15) is 0 Å². The molecule has 1 aliphatic heterocycles. The molecule has 17 heavy (non-hydrogen) atoms. The Kier molecular flexibility index (Phi) is 4.91. The highest BCUT2D eigenvalue weighted by Gasteiger charge is 2.26. The minimum atomic E-state index is 0.132. The summed E-state index contributed by atoms with van der Waals surface area (Å²) in [7, 11) is 0. The Morgan fingerprint density at radius 3 is 3.24 bits per heavy atom. The maximum absolute atomic E-state index is 5.90. The number of hydrogen-bond donors (Lipinski definition) is 1. The Bertz CT molecular complexity index is 316. The molecule has 5 heteroatoms. The van der Waals surface area contributed by atoms with Crippen LogP contribution in [0.3, 0.4) is 0 Å². The third kappa shape index (κ3) is 4.03. The molecule has 2 atom stereocenters. The SMILES string of the molecule is CC(C)N[C@@H]1CCOC[C@H]1OCc1cscn1. The summed E-state index contributed by atoms with van der Waals surface area (Å²) in [6.45, 7) is 6.39. The maximum atomic E-state index is 5.90. The van der Waals surface area contributed by atoms with Crippen molar-refractivity contribution in [1.29, 1.82) is 0 Å². The predicted molar refractivity (Wildman–Crippen MR) is 68.2 cm³/mol. The minimum Gasteiger partial charge on any atom is -0.379 e. The van der Waals surface area contributed by atoms with Gasteiger partial charge >= 0.3 is 0 Å². The number of nitrogens with zero attached hydrogens (tertiary/aromatic N) is 1. The third-order valence-electron chi connectivity index (χ3n) is 2.78. The van der Waals surface area contributed by atoms with Gasteiger partial charge in [0, 0.05) is 24.1 Å². The topological polar surface area (TPSA) is 43.4 Å². The van der Waals surface area contributed by atoms with Gasteiger partial charge in [0.05, 0.1) is 30.5 Å². The van der Waals surface area contributed by atoms with Crippen LogP contribution in [-0.4, -0.2) is 36.4 Å². The van der Waals surface area contributed by atoms with Gasteiger partial charge < -0.3 is 14.8 Å². The van der Waals surface area contributed by atoms with Gasteiger partial charge in [0.25, 0.3) is 0 Å². The van der Waals surface area contributed by atoms with Gasteiger partial charge in [-0.05, 0) is 6.42 Å². The fourth-order valence-electron chi connectivity index (χ4n) is 2.00. The summed E-state index contributed by atoms with van der Waals surface area (Å²) in [5.74, 6) is 0. The summed E-state index contributed by atoms with van der Waals surface area (Å²) in [5.41, 5.74) is 2.84. The molecule has 2 rings (SSSR count). The second-order valence-corrected chi connectivity index (χ2v) is 5.34. The van der Waals surface area contributed by atoms with Crippen LogP contribution >= 0.6 is 11.3 Å². The van der Waals surface area contributed by atoms with Gasteiger partial charge in [-0.3, -0.25) is 0 Å². The quantitative estimate of drug-likeness (QED) is 0.872. The molecule has 1 aromatic rings. The number of thiazole rings is 1. The van der Waals surface area contributed by atoms with E-state index in [9.17, 15) is 0 Å². The molecule has 0 aromatic carbocycles. The zero-order valence-corrected chi connectivity index (χ0v) is 11.2. The molecule has 0 aliphatic carbocycles. The lowest BCUT2D eigenvalue weighted by atomic mass is 10.1. The van der Waals surface area contributed by atoms with Crippen molar-refractivity contribution < 1.29 is 9.47 Å². The molecular formula is C12H20N2O2S. The molecule has 0 unspecified atom stereocenters. The number of nitrogens with one attached hydrogen (secondary N) is 1. The molecule has 1 aromatic heterocycles. The van der Waals surface area contributed by atoms with Crippen molar-refractivity contribution in [1.82, 2.24) is 10.3 Å². The van der Waals surface area contributed by atoms with Crippen molar-refractivity contribution in [2.45, 2.75) is 45.1 Å². The molecule has 0 amide bonds. The fourth-order valence-corrected chi connectivity index (χ4v) is 2.54. The van der Waals surface area contributed by atoms with E-state index in [4.69, 9.17) is 9.47 Å². The van der Waals surface area contributed by atoms with E-state index >= 15 is 0 Å². The first-order chi connectivity index (χ1) is 8.25. The fraction of sp³-hybridized carbons (Fsp3) is 0.750. The number of aromatic nitrogens is 1. The lowest BCUT2D eigenvalue weighted by Crippen LogP contribution is -2.50. The van der Waals surface area contributed by atoms with Crippen LogP contribution in [0, 0.1) is 0 Å². The zero-order valence-electron chi connectivity index (χ0n) is 10.4. The highest BCUT2D eigenvalue weighted by molar-refractivity contribution is 7.07. The summed E-state index contributed by atoms with van der Waals surface area (Å²) < 4.78 is 11.4. The molecule has 1 saturated heterocycles. The summed E-state index contributed by atoms with van der Waals surface area (Å²) in [5, 5.41) is 5.56.